The van der Waals surface area contributed by atoms with Crippen LogP contribution in [0.2, 0.25) is 0 Å². The number of alkyl halides is 3. The van der Waals surface area contributed by atoms with E-state index in [1.807, 2.05) is 0 Å². The highest BCUT2D eigenvalue weighted by Gasteiger charge is 2.35. The summed E-state index contributed by atoms with van der Waals surface area (Å²) in [5, 5.41) is 13.1. The van der Waals surface area contributed by atoms with Gasteiger partial charge in [0.1, 0.15) is 11.1 Å². The summed E-state index contributed by atoms with van der Waals surface area (Å²) in [5.74, 6) is 1.52. The summed E-state index contributed by atoms with van der Waals surface area (Å²) >= 11 is 0.917. The van der Waals surface area contributed by atoms with Crippen molar-refractivity contribution in [1.29, 1.82) is 5.26 Å². The first kappa shape index (κ1) is 21.4. The van der Waals surface area contributed by atoms with Crippen molar-refractivity contribution < 1.29 is 27.2 Å². The molecule has 156 valence electrons. The molecule has 0 bridgehead atoms. The van der Waals surface area contributed by atoms with Crippen molar-refractivity contribution in [3.8, 4) is 29.0 Å². The second-order valence-electron chi connectivity index (χ2n) is 5.97. The zero-order valence-corrected chi connectivity index (χ0v) is 16.9. The highest BCUT2D eigenvalue weighted by Crippen LogP contribution is 2.37. The number of nitrogens with zero attached hydrogens (tertiary/aromatic N) is 4. The third kappa shape index (κ3) is 4.49. The van der Waals surface area contributed by atoms with Crippen molar-refractivity contribution in [2.24, 2.45) is 0 Å². The molecule has 0 aliphatic heterocycles. The summed E-state index contributed by atoms with van der Waals surface area (Å²) in [4.78, 5) is 8.31. The first-order valence-electron chi connectivity index (χ1n) is 8.43. The van der Waals surface area contributed by atoms with E-state index in [0.29, 0.717) is 17.1 Å². The Labute approximate surface area is 173 Å². The largest absolute Gasteiger partial charge is 0.493 e. The molecule has 0 aliphatic rings. The Bertz CT molecular complexity index is 1110. The zero-order chi connectivity index (χ0) is 21.9. The quantitative estimate of drug-likeness (QED) is 0.516. The lowest BCUT2D eigenvalue weighted by Crippen LogP contribution is -2.10. The maximum atomic E-state index is 13.2. The normalized spacial score (nSPS) is 11.2. The van der Waals surface area contributed by atoms with E-state index in [1.165, 1.54) is 21.1 Å². The van der Waals surface area contributed by atoms with Crippen LogP contribution >= 0.6 is 11.8 Å². The first-order valence-corrected chi connectivity index (χ1v) is 9.42. The molecule has 0 fully saturated rings. The maximum absolute atomic E-state index is 13.2. The van der Waals surface area contributed by atoms with Gasteiger partial charge in [0.25, 0.3) is 0 Å². The SMILES string of the molecule is COc1ccc(-c2noc(CSc3nc(C)cc(C(F)(F)F)c3C#N)n2)cc1OC. The van der Waals surface area contributed by atoms with Crippen LogP contribution in [0.3, 0.4) is 0 Å². The molecule has 0 saturated carbocycles. The molecule has 0 unspecified atom stereocenters. The van der Waals surface area contributed by atoms with E-state index < -0.39 is 17.3 Å². The fourth-order valence-electron chi connectivity index (χ4n) is 2.62. The molecule has 11 heteroatoms. The van der Waals surface area contributed by atoms with Crippen LogP contribution in [0.4, 0.5) is 13.2 Å². The van der Waals surface area contributed by atoms with E-state index in [0.717, 1.165) is 17.8 Å². The van der Waals surface area contributed by atoms with Gasteiger partial charge in [0, 0.05) is 11.3 Å². The van der Waals surface area contributed by atoms with E-state index in [9.17, 15) is 18.4 Å². The Balaban J connectivity index is 1.83. The molecule has 0 radical (unpaired) electrons. The average molecular weight is 436 g/mol. The summed E-state index contributed by atoms with van der Waals surface area (Å²) in [6, 6.07) is 7.52. The molecule has 3 rings (SSSR count). The summed E-state index contributed by atoms with van der Waals surface area (Å²) in [7, 11) is 3.01. The number of aromatic nitrogens is 3. The molecule has 0 aliphatic carbocycles. The Morgan fingerprint density at radius 3 is 2.50 bits per heavy atom. The minimum Gasteiger partial charge on any atom is -0.493 e. The van der Waals surface area contributed by atoms with Gasteiger partial charge in [-0.3, -0.25) is 0 Å². The molecule has 2 aromatic heterocycles. The molecule has 0 saturated heterocycles. The van der Waals surface area contributed by atoms with Gasteiger partial charge in [0.15, 0.2) is 11.5 Å². The lowest BCUT2D eigenvalue weighted by molar-refractivity contribution is -0.138. The number of pyridine rings is 1. The second-order valence-corrected chi connectivity index (χ2v) is 6.94. The van der Waals surface area contributed by atoms with E-state index in [-0.39, 0.29) is 28.2 Å². The Morgan fingerprint density at radius 2 is 1.87 bits per heavy atom. The van der Waals surface area contributed by atoms with Crippen molar-refractivity contribution in [2.45, 2.75) is 23.9 Å². The fourth-order valence-corrected chi connectivity index (χ4v) is 3.50. The zero-order valence-electron chi connectivity index (χ0n) is 16.1. The van der Waals surface area contributed by atoms with Crippen LogP contribution in [0.5, 0.6) is 11.5 Å². The lowest BCUT2D eigenvalue weighted by atomic mass is 10.1. The van der Waals surface area contributed by atoms with Gasteiger partial charge in [-0.2, -0.15) is 23.4 Å². The van der Waals surface area contributed by atoms with Crippen molar-refractivity contribution in [1.82, 2.24) is 15.1 Å². The number of benzene rings is 1. The van der Waals surface area contributed by atoms with Gasteiger partial charge >= 0.3 is 6.18 Å². The van der Waals surface area contributed by atoms with Crippen molar-refractivity contribution >= 4 is 11.8 Å². The number of aryl methyl sites for hydroxylation is 1. The van der Waals surface area contributed by atoms with E-state index in [1.54, 1.807) is 24.3 Å². The van der Waals surface area contributed by atoms with E-state index in [2.05, 4.69) is 15.1 Å². The van der Waals surface area contributed by atoms with Gasteiger partial charge < -0.3 is 14.0 Å². The third-order valence-electron chi connectivity index (χ3n) is 3.97. The number of nitriles is 1. The molecule has 30 heavy (non-hydrogen) atoms. The predicted octanol–water partition coefficient (Wildman–Crippen LogP) is 4.64. The van der Waals surface area contributed by atoms with Gasteiger partial charge in [-0.15, -0.1) is 0 Å². The minimum atomic E-state index is -4.65. The van der Waals surface area contributed by atoms with E-state index >= 15 is 0 Å². The topological polar surface area (TPSA) is 94.1 Å². The number of hydrogen-bond donors (Lipinski definition) is 0. The van der Waals surface area contributed by atoms with Gasteiger partial charge in [-0.1, -0.05) is 16.9 Å². The number of methoxy groups -OCH3 is 2. The lowest BCUT2D eigenvalue weighted by Gasteiger charge is -2.12. The summed E-state index contributed by atoms with van der Waals surface area (Å²) in [5.41, 5.74) is -0.784. The smallest absolute Gasteiger partial charge is 0.417 e. The Kier molecular flexibility index (Phi) is 6.17. The van der Waals surface area contributed by atoms with Crippen molar-refractivity contribution in [3.05, 3.63) is 47.0 Å². The Morgan fingerprint density at radius 1 is 1.13 bits per heavy atom. The van der Waals surface area contributed by atoms with Crippen LogP contribution in [0.1, 0.15) is 22.7 Å². The molecular weight excluding hydrogens is 421 g/mol. The van der Waals surface area contributed by atoms with Crippen LogP contribution in [-0.2, 0) is 11.9 Å². The van der Waals surface area contributed by atoms with Gasteiger partial charge in [-0.05, 0) is 31.2 Å². The van der Waals surface area contributed by atoms with Crippen LogP contribution in [-0.4, -0.2) is 29.3 Å². The van der Waals surface area contributed by atoms with Gasteiger partial charge in [0.2, 0.25) is 11.7 Å². The van der Waals surface area contributed by atoms with Crippen molar-refractivity contribution in [2.75, 3.05) is 14.2 Å². The predicted molar refractivity (Wildman–Crippen MR) is 101 cm³/mol. The van der Waals surface area contributed by atoms with Crippen molar-refractivity contribution in [3.63, 3.8) is 0 Å². The maximum Gasteiger partial charge on any atom is 0.417 e. The second kappa shape index (κ2) is 8.62. The standard InChI is InChI=1S/C19H15F3N4O3S/c1-10-6-13(19(20,21)22)12(8-23)18(24-10)30-9-16-25-17(26-29-16)11-4-5-14(27-2)15(7-11)28-3/h4-7H,9H2,1-3H3. The van der Waals surface area contributed by atoms with Gasteiger partial charge in [0.05, 0.1) is 31.1 Å². The van der Waals surface area contributed by atoms with Gasteiger partial charge in [-0.25, -0.2) is 4.98 Å². The summed E-state index contributed by atoms with van der Waals surface area (Å²) in [6.45, 7) is 1.43. The Hall–Kier alpha value is -3.26. The molecule has 0 N–H and O–H groups in total. The monoisotopic (exact) mass is 436 g/mol. The summed E-state index contributed by atoms with van der Waals surface area (Å²) in [6.07, 6.45) is -4.65. The molecule has 0 atom stereocenters. The number of thioether (sulfide) groups is 1. The van der Waals surface area contributed by atoms with Crippen LogP contribution in [0, 0.1) is 18.3 Å². The van der Waals surface area contributed by atoms with Crippen LogP contribution < -0.4 is 9.47 Å². The number of hydrogen-bond acceptors (Lipinski definition) is 8. The first-order chi connectivity index (χ1) is 14.3. The van der Waals surface area contributed by atoms with Crippen LogP contribution in [0.15, 0.2) is 33.8 Å². The third-order valence-corrected chi connectivity index (χ3v) is 4.93. The average Bonchev–Trinajstić information content (AvgIpc) is 3.19. The molecule has 0 amide bonds. The molecule has 2 heterocycles. The molecule has 3 aromatic rings. The fraction of sp³-hybridized carbons (Fsp3) is 0.263. The van der Waals surface area contributed by atoms with E-state index in [4.69, 9.17) is 14.0 Å². The number of rotatable bonds is 6. The summed E-state index contributed by atoms with van der Waals surface area (Å²) < 4.78 is 55.3. The number of halogens is 3. The molecular formula is C19H15F3N4O3S. The highest BCUT2D eigenvalue weighted by atomic mass is 32.2. The van der Waals surface area contributed by atoms with Crippen LogP contribution in [0.25, 0.3) is 11.4 Å². The molecule has 0 spiro atoms. The minimum absolute atomic E-state index is 0.0444. The highest BCUT2D eigenvalue weighted by molar-refractivity contribution is 7.98. The number of ether oxygens (including phenoxy) is 2. The molecule has 1 aromatic carbocycles. The molecule has 7 nitrogen and oxygen atoms in total.